The number of nitrogens with zero attached hydrogens (tertiary/aromatic N) is 3. The van der Waals surface area contributed by atoms with E-state index in [-0.39, 0.29) is 11.5 Å². The Morgan fingerprint density at radius 3 is 2.49 bits per heavy atom. The quantitative estimate of drug-likeness (QED) is 0.228. The second-order valence-corrected chi connectivity index (χ2v) is 10.3. The molecule has 0 radical (unpaired) electrons. The zero-order valence-electron chi connectivity index (χ0n) is 20.2. The van der Waals surface area contributed by atoms with Crippen molar-refractivity contribution in [2.45, 2.75) is 52.1 Å². The van der Waals surface area contributed by atoms with E-state index in [2.05, 4.69) is 36.2 Å². The molecule has 0 unspecified atom stereocenters. The van der Waals surface area contributed by atoms with Gasteiger partial charge in [0.2, 0.25) is 5.91 Å². The van der Waals surface area contributed by atoms with Gasteiger partial charge in [-0.05, 0) is 47.7 Å². The van der Waals surface area contributed by atoms with E-state index in [1.54, 1.807) is 15.8 Å². The first-order valence-corrected chi connectivity index (χ1v) is 13.2. The van der Waals surface area contributed by atoms with E-state index in [0.29, 0.717) is 29.2 Å². The lowest BCUT2D eigenvalue weighted by Crippen LogP contribution is -2.25. The van der Waals surface area contributed by atoms with E-state index < -0.39 is 0 Å². The summed E-state index contributed by atoms with van der Waals surface area (Å²) in [4.78, 5) is 32.6. The Kier molecular flexibility index (Phi) is 8.37. The molecule has 0 spiro atoms. The summed E-state index contributed by atoms with van der Waals surface area (Å²) in [5, 5.41) is 0.686. The average Bonchev–Trinajstić information content (AvgIpc) is 3.30. The molecule has 4 aromatic rings. The monoisotopic (exact) mass is 507 g/mol. The van der Waals surface area contributed by atoms with Crippen LogP contribution in [0.25, 0.3) is 20.7 Å². The smallest absolute Gasteiger partial charge is 0.271 e. The Balaban J connectivity index is 1.38. The molecular formula is C28H30ClN3O2S. The average molecular weight is 508 g/mol. The molecule has 0 aliphatic rings. The van der Waals surface area contributed by atoms with Crippen LogP contribution in [0.15, 0.2) is 65.7 Å². The Hall–Kier alpha value is -2.96. The second-order valence-electron chi connectivity index (χ2n) is 8.85. The fourth-order valence-corrected chi connectivity index (χ4v) is 5.19. The van der Waals surface area contributed by atoms with Gasteiger partial charge in [-0.1, -0.05) is 67.8 Å². The van der Waals surface area contributed by atoms with E-state index in [1.165, 1.54) is 11.3 Å². The molecule has 5 nitrogen and oxygen atoms in total. The predicted molar refractivity (Wildman–Crippen MR) is 145 cm³/mol. The van der Waals surface area contributed by atoms with Crippen LogP contribution in [-0.4, -0.2) is 27.4 Å². The third-order valence-corrected chi connectivity index (χ3v) is 7.55. The molecule has 2 heterocycles. The lowest BCUT2D eigenvalue weighted by atomic mass is 10.1. The van der Waals surface area contributed by atoms with Crippen LogP contribution < -0.4 is 5.56 Å². The van der Waals surface area contributed by atoms with Gasteiger partial charge in [-0.2, -0.15) is 0 Å². The normalized spacial score (nSPS) is 11.2. The van der Waals surface area contributed by atoms with Crippen molar-refractivity contribution in [1.29, 1.82) is 0 Å². The van der Waals surface area contributed by atoms with Gasteiger partial charge in [0, 0.05) is 36.5 Å². The number of carbonyl (C=O) groups excluding carboxylic acids is 1. The number of unbranched alkanes of at least 4 members (excludes halogenated alkanes) is 2. The van der Waals surface area contributed by atoms with Crippen LogP contribution in [0.1, 0.15) is 43.7 Å². The summed E-state index contributed by atoms with van der Waals surface area (Å²) in [6, 6.07) is 17.8. The van der Waals surface area contributed by atoms with Crippen molar-refractivity contribution in [2.24, 2.45) is 0 Å². The third kappa shape index (κ3) is 6.38. The predicted octanol–water partition coefficient (Wildman–Crippen LogP) is 6.56. The summed E-state index contributed by atoms with van der Waals surface area (Å²) >= 11 is 7.46. The SMILES string of the molecule is CCCCCC(=O)N(C)Cc1ccc(CCn2cnc3cc(-c4ccc(Cl)cc4)sc3c2=O)cc1. The maximum atomic E-state index is 13.1. The van der Waals surface area contributed by atoms with Crippen molar-refractivity contribution in [2.75, 3.05) is 7.05 Å². The van der Waals surface area contributed by atoms with Gasteiger partial charge < -0.3 is 4.90 Å². The highest BCUT2D eigenvalue weighted by molar-refractivity contribution is 7.22. The Bertz CT molecular complexity index is 1340. The summed E-state index contributed by atoms with van der Waals surface area (Å²) in [6.45, 7) is 3.31. The summed E-state index contributed by atoms with van der Waals surface area (Å²) in [5.74, 6) is 0.192. The van der Waals surface area contributed by atoms with Gasteiger partial charge in [-0.3, -0.25) is 14.2 Å². The molecule has 0 aliphatic heterocycles. The van der Waals surface area contributed by atoms with Crippen molar-refractivity contribution < 1.29 is 4.79 Å². The number of carbonyl (C=O) groups is 1. The van der Waals surface area contributed by atoms with Gasteiger partial charge in [-0.25, -0.2) is 4.98 Å². The molecule has 0 N–H and O–H groups in total. The highest BCUT2D eigenvalue weighted by Gasteiger charge is 2.12. The molecule has 0 atom stereocenters. The minimum absolute atomic E-state index is 0.0138. The van der Waals surface area contributed by atoms with Crippen LogP contribution in [0.4, 0.5) is 0 Å². The van der Waals surface area contributed by atoms with E-state index in [4.69, 9.17) is 11.6 Å². The fourth-order valence-electron chi connectivity index (χ4n) is 4.00. The van der Waals surface area contributed by atoms with E-state index in [9.17, 15) is 9.59 Å². The molecule has 2 aromatic carbocycles. The fraction of sp³-hybridized carbons (Fsp3) is 0.321. The Morgan fingerprint density at radius 1 is 1.06 bits per heavy atom. The molecule has 35 heavy (non-hydrogen) atoms. The molecule has 0 fully saturated rings. The number of hydrogen-bond donors (Lipinski definition) is 0. The number of aromatic nitrogens is 2. The lowest BCUT2D eigenvalue weighted by molar-refractivity contribution is -0.130. The van der Waals surface area contributed by atoms with E-state index in [0.717, 1.165) is 52.8 Å². The number of thiophene rings is 1. The van der Waals surface area contributed by atoms with E-state index in [1.807, 2.05) is 37.4 Å². The Morgan fingerprint density at radius 2 is 1.77 bits per heavy atom. The van der Waals surface area contributed by atoms with Crippen molar-refractivity contribution in [1.82, 2.24) is 14.5 Å². The maximum Gasteiger partial charge on any atom is 0.271 e. The molecule has 0 bridgehead atoms. The van der Waals surface area contributed by atoms with Gasteiger partial charge in [0.25, 0.3) is 5.56 Å². The highest BCUT2D eigenvalue weighted by atomic mass is 35.5. The lowest BCUT2D eigenvalue weighted by Gasteiger charge is -2.17. The highest BCUT2D eigenvalue weighted by Crippen LogP contribution is 2.31. The molecule has 1 amide bonds. The maximum absolute atomic E-state index is 13.1. The van der Waals surface area contributed by atoms with Crippen LogP contribution in [0.5, 0.6) is 0 Å². The van der Waals surface area contributed by atoms with Crippen LogP contribution in [0, 0.1) is 0 Å². The summed E-state index contributed by atoms with van der Waals surface area (Å²) < 4.78 is 2.35. The van der Waals surface area contributed by atoms with Crippen molar-refractivity contribution >= 4 is 39.1 Å². The van der Waals surface area contributed by atoms with Crippen LogP contribution in [0.3, 0.4) is 0 Å². The molecule has 7 heteroatoms. The van der Waals surface area contributed by atoms with Gasteiger partial charge in [0.15, 0.2) is 0 Å². The van der Waals surface area contributed by atoms with Crippen LogP contribution in [0.2, 0.25) is 5.02 Å². The van der Waals surface area contributed by atoms with Gasteiger partial charge in [0.1, 0.15) is 4.70 Å². The number of amides is 1. The van der Waals surface area contributed by atoms with Crippen molar-refractivity contribution in [3.63, 3.8) is 0 Å². The number of halogens is 1. The van der Waals surface area contributed by atoms with Gasteiger partial charge in [-0.15, -0.1) is 11.3 Å². The van der Waals surface area contributed by atoms with Gasteiger partial charge >= 0.3 is 0 Å². The molecule has 4 rings (SSSR count). The summed E-state index contributed by atoms with van der Waals surface area (Å²) in [5.41, 5.74) is 3.98. The number of fused-ring (bicyclic) bond motifs is 1. The standard InChI is InChI=1S/C28H30ClN3O2S/c1-3-4-5-6-26(33)31(2)18-21-9-7-20(8-10-21)15-16-32-19-30-24-17-25(35-27(24)28(32)34)22-11-13-23(29)14-12-22/h7-14,17,19H,3-6,15-16,18H2,1-2H3. The molecule has 0 saturated carbocycles. The molecular weight excluding hydrogens is 478 g/mol. The van der Waals surface area contributed by atoms with E-state index >= 15 is 0 Å². The topological polar surface area (TPSA) is 55.2 Å². The molecule has 0 aliphatic carbocycles. The zero-order valence-corrected chi connectivity index (χ0v) is 21.7. The first-order chi connectivity index (χ1) is 16.9. The molecule has 0 saturated heterocycles. The summed E-state index contributed by atoms with van der Waals surface area (Å²) in [7, 11) is 1.86. The number of hydrogen-bond acceptors (Lipinski definition) is 4. The first kappa shape index (κ1) is 25.1. The minimum atomic E-state index is -0.0138. The number of benzene rings is 2. The van der Waals surface area contributed by atoms with Crippen molar-refractivity contribution in [3.8, 4) is 10.4 Å². The first-order valence-electron chi connectivity index (χ1n) is 12.0. The van der Waals surface area contributed by atoms with Crippen LogP contribution in [-0.2, 0) is 24.3 Å². The molecule has 182 valence electrons. The van der Waals surface area contributed by atoms with Gasteiger partial charge in [0.05, 0.1) is 11.8 Å². The van der Waals surface area contributed by atoms with Crippen molar-refractivity contribution in [3.05, 3.63) is 87.4 Å². The number of aryl methyl sites for hydroxylation is 2. The minimum Gasteiger partial charge on any atom is -0.341 e. The Labute approximate surface area is 215 Å². The second kappa shape index (κ2) is 11.6. The molecule has 2 aromatic heterocycles. The van der Waals surface area contributed by atoms with Crippen LogP contribution >= 0.6 is 22.9 Å². The zero-order chi connectivity index (χ0) is 24.8. The summed E-state index contributed by atoms with van der Waals surface area (Å²) in [6.07, 6.45) is 6.14. The largest absolute Gasteiger partial charge is 0.341 e. The number of rotatable bonds is 10. The third-order valence-electron chi connectivity index (χ3n) is 6.14.